The molecule has 3 N–H and O–H groups in total. The van der Waals surface area contributed by atoms with Crippen LogP contribution in [0.3, 0.4) is 0 Å². The van der Waals surface area contributed by atoms with Gasteiger partial charge in [-0.2, -0.15) is 0 Å². The van der Waals surface area contributed by atoms with Crippen molar-refractivity contribution in [2.75, 3.05) is 6.61 Å². The molecule has 0 aromatic carbocycles. The molecule has 0 bridgehead atoms. The standard InChI is InChI=1S/C20H30FN3O8/c1-10-8-24(16(27)23-13(10)25)15-19(6,21)20(7,29)12(31-15)9-30-14(26)11(2)22-17(28)32-18(3,4)5/h8,11-12,15,29H,9H2,1-7H3,(H,22,28)(H,23,25,27)/t11?,12-,15+,19-,20+/m0/s1. The van der Waals surface area contributed by atoms with Crippen LogP contribution in [0.4, 0.5) is 9.18 Å². The van der Waals surface area contributed by atoms with Crippen LogP contribution < -0.4 is 16.6 Å². The van der Waals surface area contributed by atoms with E-state index in [9.17, 15) is 24.3 Å². The quantitative estimate of drug-likeness (QED) is 0.544. The minimum absolute atomic E-state index is 0.139. The lowest BCUT2D eigenvalue weighted by Gasteiger charge is -2.33. The van der Waals surface area contributed by atoms with Crippen LogP contribution in [0, 0.1) is 6.92 Å². The fourth-order valence-corrected chi connectivity index (χ4v) is 3.10. The van der Waals surface area contributed by atoms with Crippen molar-refractivity contribution in [1.82, 2.24) is 14.9 Å². The first-order valence-electron chi connectivity index (χ1n) is 10.0. The summed E-state index contributed by atoms with van der Waals surface area (Å²) in [5.74, 6) is -0.865. The van der Waals surface area contributed by atoms with E-state index in [4.69, 9.17) is 14.2 Å². The van der Waals surface area contributed by atoms with Crippen LogP contribution in [0.1, 0.15) is 53.3 Å². The molecule has 2 heterocycles. The maximum absolute atomic E-state index is 15.6. The van der Waals surface area contributed by atoms with E-state index in [1.807, 2.05) is 4.98 Å². The number of nitrogens with zero attached hydrogens (tertiary/aromatic N) is 1. The molecule has 1 amide bonds. The van der Waals surface area contributed by atoms with Gasteiger partial charge < -0.3 is 24.6 Å². The van der Waals surface area contributed by atoms with Crippen molar-refractivity contribution in [3.05, 3.63) is 32.6 Å². The third-order valence-electron chi connectivity index (χ3n) is 5.24. The number of aromatic nitrogens is 2. The van der Waals surface area contributed by atoms with Gasteiger partial charge in [-0.25, -0.2) is 18.8 Å². The molecule has 0 aliphatic carbocycles. The summed E-state index contributed by atoms with van der Waals surface area (Å²) in [6.07, 6.45) is -2.64. The number of carbonyl (C=O) groups is 2. The lowest BCUT2D eigenvalue weighted by Crippen LogP contribution is -2.53. The summed E-state index contributed by atoms with van der Waals surface area (Å²) in [4.78, 5) is 49.9. The fourth-order valence-electron chi connectivity index (χ4n) is 3.10. The van der Waals surface area contributed by atoms with Crippen molar-refractivity contribution in [1.29, 1.82) is 0 Å². The Hall–Kier alpha value is -2.73. The zero-order chi connectivity index (χ0) is 24.6. The van der Waals surface area contributed by atoms with Gasteiger partial charge in [-0.3, -0.25) is 14.3 Å². The van der Waals surface area contributed by atoms with Gasteiger partial charge in [0.15, 0.2) is 11.9 Å². The minimum atomic E-state index is -2.49. The van der Waals surface area contributed by atoms with Crippen molar-refractivity contribution in [3.8, 4) is 0 Å². The molecule has 0 radical (unpaired) electrons. The van der Waals surface area contributed by atoms with Crippen molar-refractivity contribution >= 4 is 12.1 Å². The molecule has 1 fully saturated rings. The number of alkyl carbamates (subject to hydrolysis) is 1. The maximum Gasteiger partial charge on any atom is 0.408 e. The lowest BCUT2D eigenvalue weighted by atomic mass is 9.84. The van der Waals surface area contributed by atoms with Gasteiger partial charge in [-0.05, 0) is 48.5 Å². The lowest BCUT2D eigenvalue weighted by molar-refractivity contribution is -0.155. The number of hydrogen-bond donors (Lipinski definition) is 3. The van der Waals surface area contributed by atoms with Gasteiger partial charge in [0.1, 0.15) is 30.0 Å². The number of esters is 1. The number of alkyl halides is 1. The Morgan fingerprint density at radius 2 is 1.97 bits per heavy atom. The smallest absolute Gasteiger partial charge is 0.408 e. The summed E-state index contributed by atoms with van der Waals surface area (Å²) >= 11 is 0. The normalized spacial score (nSPS) is 28.8. The molecule has 12 heteroatoms. The molecule has 1 aromatic rings. The number of hydrogen-bond acceptors (Lipinski definition) is 8. The maximum atomic E-state index is 15.6. The highest BCUT2D eigenvalue weighted by molar-refractivity contribution is 5.81. The molecule has 0 spiro atoms. The number of ether oxygens (including phenoxy) is 3. The van der Waals surface area contributed by atoms with E-state index in [-0.39, 0.29) is 5.56 Å². The van der Waals surface area contributed by atoms with Crippen LogP contribution in [0.2, 0.25) is 0 Å². The van der Waals surface area contributed by atoms with Crippen molar-refractivity contribution in [2.45, 2.75) is 83.7 Å². The second kappa shape index (κ2) is 8.66. The third kappa shape index (κ3) is 5.18. The van der Waals surface area contributed by atoms with E-state index in [0.29, 0.717) is 0 Å². The average molecular weight is 459 g/mol. The third-order valence-corrected chi connectivity index (χ3v) is 5.24. The van der Waals surface area contributed by atoms with Crippen molar-refractivity contribution in [2.24, 2.45) is 0 Å². The molecule has 1 aliphatic heterocycles. The molecule has 1 aromatic heterocycles. The zero-order valence-electron chi connectivity index (χ0n) is 19.1. The molecular weight excluding hydrogens is 429 g/mol. The Morgan fingerprint density at radius 3 is 2.53 bits per heavy atom. The Balaban J connectivity index is 2.12. The van der Waals surface area contributed by atoms with Gasteiger partial charge in [-0.1, -0.05) is 0 Å². The number of rotatable bonds is 5. The Bertz CT molecular complexity index is 992. The molecule has 1 aliphatic rings. The first-order chi connectivity index (χ1) is 14.5. The topological polar surface area (TPSA) is 149 Å². The van der Waals surface area contributed by atoms with Crippen LogP contribution in [-0.4, -0.2) is 62.3 Å². The van der Waals surface area contributed by atoms with E-state index in [1.54, 1.807) is 20.8 Å². The predicted molar refractivity (Wildman–Crippen MR) is 110 cm³/mol. The summed E-state index contributed by atoms with van der Waals surface area (Å²) < 4.78 is 32.1. The fraction of sp³-hybridized carbons (Fsp3) is 0.700. The molecule has 1 unspecified atom stereocenters. The molecule has 0 saturated carbocycles. The summed E-state index contributed by atoms with van der Waals surface area (Å²) in [6.45, 7) is 9.41. The number of aliphatic hydroxyl groups is 1. The molecular formula is C20H30FN3O8. The molecule has 11 nitrogen and oxygen atoms in total. The molecule has 5 atom stereocenters. The van der Waals surface area contributed by atoms with Crippen molar-refractivity contribution in [3.63, 3.8) is 0 Å². The second-order valence-electron chi connectivity index (χ2n) is 9.18. The van der Waals surface area contributed by atoms with Gasteiger partial charge in [0.05, 0.1) is 0 Å². The average Bonchev–Trinajstić information content (AvgIpc) is 2.79. The summed E-state index contributed by atoms with van der Waals surface area (Å²) in [7, 11) is 0. The number of amides is 1. The summed E-state index contributed by atoms with van der Waals surface area (Å²) in [6, 6.07) is -1.09. The van der Waals surface area contributed by atoms with Gasteiger partial charge in [-0.15, -0.1) is 0 Å². The van der Waals surface area contributed by atoms with Crippen LogP contribution in [0.5, 0.6) is 0 Å². The van der Waals surface area contributed by atoms with E-state index in [2.05, 4.69) is 5.32 Å². The Kier molecular flexibility index (Phi) is 6.91. The Labute approximate surface area is 183 Å². The monoisotopic (exact) mass is 459 g/mol. The van der Waals surface area contributed by atoms with Crippen LogP contribution in [-0.2, 0) is 19.0 Å². The van der Waals surface area contributed by atoms with Crippen LogP contribution >= 0.6 is 0 Å². The number of halogens is 1. The number of carbonyl (C=O) groups excluding carboxylic acids is 2. The van der Waals surface area contributed by atoms with Crippen LogP contribution in [0.15, 0.2) is 15.8 Å². The molecule has 1 saturated heterocycles. The molecule has 180 valence electrons. The number of H-pyrrole nitrogens is 1. The van der Waals surface area contributed by atoms with E-state index >= 15 is 4.39 Å². The number of aryl methyl sites for hydroxylation is 1. The van der Waals surface area contributed by atoms with Gasteiger partial charge in [0.2, 0.25) is 0 Å². The number of nitrogens with one attached hydrogen (secondary N) is 2. The molecule has 32 heavy (non-hydrogen) atoms. The summed E-state index contributed by atoms with van der Waals surface area (Å²) in [5, 5.41) is 13.1. The summed E-state index contributed by atoms with van der Waals surface area (Å²) in [5.41, 5.74) is -6.82. The Morgan fingerprint density at radius 1 is 1.38 bits per heavy atom. The van der Waals surface area contributed by atoms with Crippen LogP contribution in [0.25, 0.3) is 0 Å². The second-order valence-corrected chi connectivity index (χ2v) is 9.18. The van der Waals surface area contributed by atoms with E-state index in [0.717, 1.165) is 24.6 Å². The first kappa shape index (κ1) is 25.5. The van der Waals surface area contributed by atoms with Gasteiger partial charge >= 0.3 is 17.8 Å². The number of aromatic amines is 1. The van der Waals surface area contributed by atoms with Gasteiger partial charge in [0, 0.05) is 11.8 Å². The zero-order valence-corrected chi connectivity index (χ0v) is 19.1. The van der Waals surface area contributed by atoms with Gasteiger partial charge in [0.25, 0.3) is 5.56 Å². The SMILES string of the molecule is Cc1cn([C@@H]2O[C@@H](COC(=O)C(C)NC(=O)OC(C)(C)C)[C@@](C)(O)[C@@]2(C)F)c(=O)[nH]c1=O. The van der Waals surface area contributed by atoms with E-state index < -0.39 is 65.2 Å². The highest BCUT2D eigenvalue weighted by atomic mass is 19.1. The van der Waals surface area contributed by atoms with Crippen molar-refractivity contribution < 1.29 is 33.3 Å². The highest BCUT2D eigenvalue weighted by Gasteiger charge is 2.63. The predicted octanol–water partition coefficient (Wildman–Crippen LogP) is 0.678. The van der Waals surface area contributed by atoms with E-state index in [1.165, 1.54) is 13.8 Å². The molecule has 2 rings (SSSR count). The highest BCUT2D eigenvalue weighted by Crippen LogP contribution is 2.47. The first-order valence-corrected chi connectivity index (χ1v) is 10.0. The minimum Gasteiger partial charge on any atom is -0.461 e. The largest absolute Gasteiger partial charge is 0.461 e.